The number of benzene rings is 3. The van der Waals surface area contributed by atoms with Crippen molar-refractivity contribution in [2.24, 2.45) is 0 Å². The third-order valence-corrected chi connectivity index (χ3v) is 5.73. The van der Waals surface area contributed by atoms with Crippen LogP contribution in [0.5, 0.6) is 11.5 Å². The highest BCUT2D eigenvalue weighted by Gasteiger charge is 2.57. The van der Waals surface area contributed by atoms with Crippen LogP contribution in [0.3, 0.4) is 0 Å². The first kappa shape index (κ1) is 18.2. The van der Waals surface area contributed by atoms with Gasteiger partial charge in [-0.2, -0.15) is 0 Å². The van der Waals surface area contributed by atoms with Crippen molar-refractivity contribution < 1.29 is 19.2 Å². The molecule has 7 nitrogen and oxygen atoms in total. The van der Waals surface area contributed by atoms with E-state index in [0.29, 0.717) is 17.1 Å². The highest BCUT2D eigenvalue weighted by atomic mass is 16.6. The van der Waals surface area contributed by atoms with Gasteiger partial charge in [-0.25, -0.2) is 0 Å². The second kappa shape index (κ2) is 6.88. The van der Waals surface area contributed by atoms with Crippen LogP contribution in [0.25, 0.3) is 0 Å². The largest absolute Gasteiger partial charge is 0.497 e. The van der Waals surface area contributed by atoms with Crippen LogP contribution in [0.2, 0.25) is 0 Å². The van der Waals surface area contributed by atoms with Crippen LogP contribution < -0.4 is 14.4 Å². The number of amides is 1. The van der Waals surface area contributed by atoms with E-state index in [2.05, 4.69) is 0 Å². The summed E-state index contributed by atoms with van der Waals surface area (Å²) in [6, 6.07) is 21.1. The van der Waals surface area contributed by atoms with Crippen LogP contribution in [-0.4, -0.2) is 24.0 Å². The number of carbonyl (C=O) groups excluding carboxylic acids is 1. The molecule has 0 aliphatic carbocycles. The van der Waals surface area contributed by atoms with Crippen molar-refractivity contribution in [2.75, 3.05) is 12.0 Å². The van der Waals surface area contributed by atoms with Gasteiger partial charge < -0.3 is 14.4 Å². The minimum Gasteiger partial charge on any atom is -0.497 e. The van der Waals surface area contributed by atoms with Gasteiger partial charge in [0.25, 0.3) is 5.69 Å². The molecule has 1 saturated heterocycles. The number of ether oxygens (including phenoxy) is 2. The van der Waals surface area contributed by atoms with Gasteiger partial charge in [-0.1, -0.05) is 30.3 Å². The van der Waals surface area contributed by atoms with Gasteiger partial charge in [-0.3, -0.25) is 14.9 Å². The first-order valence-corrected chi connectivity index (χ1v) is 9.55. The maximum absolute atomic E-state index is 13.2. The zero-order chi connectivity index (χ0) is 20.8. The average Bonchev–Trinajstić information content (AvgIpc) is 2.78. The number of nitrogens with zero attached hydrogens (tertiary/aromatic N) is 2. The molecule has 30 heavy (non-hydrogen) atoms. The zero-order valence-electron chi connectivity index (χ0n) is 16.1. The van der Waals surface area contributed by atoms with Gasteiger partial charge in [0.15, 0.2) is 0 Å². The van der Waals surface area contributed by atoms with Crippen molar-refractivity contribution >= 4 is 17.3 Å². The molecule has 1 amide bonds. The zero-order valence-corrected chi connectivity index (χ0v) is 16.1. The number of non-ortho nitro benzene ring substituents is 1. The molecule has 3 atom stereocenters. The lowest BCUT2D eigenvalue weighted by Crippen LogP contribution is -2.64. The van der Waals surface area contributed by atoms with E-state index in [1.165, 1.54) is 12.1 Å². The summed E-state index contributed by atoms with van der Waals surface area (Å²) in [6.45, 7) is 0. The summed E-state index contributed by atoms with van der Waals surface area (Å²) in [5, 5.41) is 11.3. The third kappa shape index (κ3) is 2.70. The molecule has 0 unspecified atom stereocenters. The summed E-state index contributed by atoms with van der Waals surface area (Å²) >= 11 is 0. The number of rotatable bonds is 4. The molecule has 0 radical (unpaired) electrons. The molecule has 3 aromatic rings. The summed E-state index contributed by atoms with van der Waals surface area (Å²) < 4.78 is 11.5. The Kier molecular flexibility index (Phi) is 4.17. The fraction of sp³-hybridized carbons (Fsp3) is 0.174. The van der Waals surface area contributed by atoms with Crippen molar-refractivity contribution in [2.45, 2.75) is 18.1 Å². The molecule has 0 bridgehead atoms. The van der Waals surface area contributed by atoms with Crippen LogP contribution in [0.15, 0.2) is 72.8 Å². The van der Waals surface area contributed by atoms with Crippen molar-refractivity contribution in [3.63, 3.8) is 0 Å². The molecule has 0 aromatic heterocycles. The van der Waals surface area contributed by atoms with Crippen LogP contribution in [0.1, 0.15) is 23.1 Å². The number of methoxy groups -OCH3 is 1. The fourth-order valence-corrected chi connectivity index (χ4v) is 4.29. The van der Waals surface area contributed by atoms with E-state index < -0.39 is 10.8 Å². The number of anilines is 1. The Morgan fingerprint density at radius 3 is 2.43 bits per heavy atom. The molecular formula is C23H18N2O5. The lowest BCUT2D eigenvalue weighted by Gasteiger charge is -2.53. The van der Waals surface area contributed by atoms with Gasteiger partial charge in [0, 0.05) is 23.4 Å². The van der Waals surface area contributed by atoms with E-state index in [1.807, 2.05) is 42.5 Å². The molecule has 5 rings (SSSR count). The molecule has 2 heterocycles. The molecule has 2 aliphatic heterocycles. The van der Waals surface area contributed by atoms with Crippen molar-refractivity contribution in [3.05, 3.63) is 94.0 Å². The van der Waals surface area contributed by atoms with E-state index in [-0.39, 0.29) is 23.7 Å². The van der Waals surface area contributed by atoms with Gasteiger partial charge in [0.1, 0.15) is 17.6 Å². The third-order valence-electron chi connectivity index (χ3n) is 5.73. The van der Waals surface area contributed by atoms with Gasteiger partial charge in [0.05, 0.1) is 24.0 Å². The summed E-state index contributed by atoms with van der Waals surface area (Å²) in [7, 11) is 1.59. The Morgan fingerprint density at radius 2 is 1.77 bits per heavy atom. The Bertz CT molecular complexity index is 1130. The summed E-state index contributed by atoms with van der Waals surface area (Å²) in [5.74, 6) is 0.610. The monoisotopic (exact) mass is 402 g/mol. The minimum absolute atomic E-state index is 0.0510. The van der Waals surface area contributed by atoms with Gasteiger partial charge in [0.2, 0.25) is 5.91 Å². The highest BCUT2D eigenvalue weighted by Crippen LogP contribution is 2.53. The Hall–Kier alpha value is -3.87. The van der Waals surface area contributed by atoms with Crippen LogP contribution in [0.4, 0.5) is 11.4 Å². The predicted octanol–water partition coefficient (Wildman–Crippen LogP) is 4.24. The smallest absolute Gasteiger partial charge is 0.269 e. The number of nitro benzene ring substituents is 1. The Labute approximate surface area is 172 Å². The van der Waals surface area contributed by atoms with Crippen LogP contribution in [-0.2, 0) is 4.79 Å². The molecule has 0 saturated carbocycles. The van der Waals surface area contributed by atoms with Crippen LogP contribution in [0, 0.1) is 10.1 Å². The number of nitro groups is 1. The predicted molar refractivity (Wildman–Crippen MR) is 110 cm³/mol. The van der Waals surface area contributed by atoms with E-state index in [9.17, 15) is 14.9 Å². The van der Waals surface area contributed by atoms with E-state index in [1.54, 1.807) is 30.2 Å². The molecule has 0 spiro atoms. The second-order valence-electron chi connectivity index (χ2n) is 7.30. The normalized spacial score (nSPS) is 21.7. The number of carbonyl (C=O) groups is 1. The summed E-state index contributed by atoms with van der Waals surface area (Å²) in [4.78, 5) is 25.8. The Balaban J connectivity index is 1.61. The van der Waals surface area contributed by atoms with Gasteiger partial charge in [-0.05, 0) is 35.9 Å². The van der Waals surface area contributed by atoms with Crippen LogP contribution >= 0.6 is 0 Å². The van der Waals surface area contributed by atoms with E-state index >= 15 is 0 Å². The minimum atomic E-state index is -0.499. The lowest BCUT2D eigenvalue weighted by molar-refractivity contribution is -0.385. The number of fused-ring (bicyclic) bond motifs is 3. The molecular weight excluding hydrogens is 384 g/mol. The van der Waals surface area contributed by atoms with Gasteiger partial charge >= 0.3 is 0 Å². The van der Waals surface area contributed by atoms with E-state index in [4.69, 9.17) is 9.47 Å². The molecule has 7 heteroatoms. The van der Waals surface area contributed by atoms with Crippen molar-refractivity contribution in [3.8, 4) is 11.5 Å². The first-order valence-electron chi connectivity index (χ1n) is 9.55. The summed E-state index contributed by atoms with van der Waals surface area (Å²) in [6.07, 6.45) is -0.384. The number of hydrogen-bond donors (Lipinski definition) is 0. The number of β-lactam (4-membered cyclic amide) rings is 1. The SMILES string of the molecule is COc1ccc(N2C(=O)[C@@H]3c4cc([N+](=O)[O-])ccc4O[C@H](c4ccccc4)[C@@H]32)cc1. The van der Waals surface area contributed by atoms with Gasteiger partial charge in [-0.15, -0.1) is 0 Å². The maximum atomic E-state index is 13.2. The topological polar surface area (TPSA) is 81.9 Å². The fourth-order valence-electron chi connectivity index (χ4n) is 4.29. The number of hydrogen-bond acceptors (Lipinski definition) is 5. The lowest BCUT2D eigenvalue weighted by atomic mass is 9.74. The van der Waals surface area contributed by atoms with E-state index in [0.717, 1.165) is 11.3 Å². The van der Waals surface area contributed by atoms with Crippen molar-refractivity contribution in [1.82, 2.24) is 0 Å². The Morgan fingerprint density at radius 1 is 1.03 bits per heavy atom. The molecule has 2 aliphatic rings. The quantitative estimate of drug-likeness (QED) is 0.370. The second-order valence-corrected chi connectivity index (χ2v) is 7.30. The molecule has 1 fully saturated rings. The first-order chi connectivity index (χ1) is 14.6. The highest BCUT2D eigenvalue weighted by molar-refractivity contribution is 6.07. The maximum Gasteiger partial charge on any atom is 0.269 e. The molecule has 3 aromatic carbocycles. The van der Waals surface area contributed by atoms with Crippen molar-refractivity contribution in [1.29, 1.82) is 0 Å². The molecule has 0 N–H and O–H groups in total. The summed E-state index contributed by atoms with van der Waals surface area (Å²) in [5.41, 5.74) is 2.20. The standard InChI is InChI=1S/C23H18N2O5/c1-29-17-10-7-15(8-11-17)24-21-20(23(24)26)18-13-16(25(27)28)9-12-19(18)30-22(21)14-5-3-2-4-6-14/h2-13,20-22H,1H3/t20-,21-,22-/m1/s1. The average molecular weight is 402 g/mol. The molecule has 150 valence electrons.